The highest BCUT2D eigenvalue weighted by atomic mass is 19.4. The SMILES string of the molecule is Cc1ccc2c3ccccc3n(-c3cc(C(F)(F)F)c(-n4c5ccccc5c5ccc(C)cc54)cc3-c3cccc(C(F)(F)F)c3)c2c1. The number of aryl methyl sites for hydroxylation is 2. The number of benzene rings is 6. The first-order chi connectivity index (χ1) is 22.9. The molecule has 6 aromatic carbocycles. The lowest BCUT2D eigenvalue weighted by molar-refractivity contribution is -0.138. The van der Waals surface area contributed by atoms with Crippen molar-refractivity contribution < 1.29 is 26.3 Å². The Bertz CT molecular complexity index is 2560. The van der Waals surface area contributed by atoms with Crippen LogP contribution in [0.3, 0.4) is 0 Å². The van der Waals surface area contributed by atoms with Gasteiger partial charge in [-0.25, -0.2) is 0 Å². The van der Waals surface area contributed by atoms with Crippen molar-refractivity contribution in [3.63, 3.8) is 0 Å². The molecule has 0 aliphatic carbocycles. The summed E-state index contributed by atoms with van der Waals surface area (Å²) in [5.41, 5.74) is 2.68. The van der Waals surface area contributed by atoms with Crippen LogP contribution in [0.2, 0.25) is 0 Å². The molecule has 2 nitrogen and oxygen atoms in total. The van der Waals surface area contributed by atoms with Crippen molar-refractivity contribution in [1.29, 1.82) is 0 Å². The molecule has 8 heteroatoms. The molecule has 0 atom stereocenters. The smallest absolute Gasteiger partial charge is 0.309 e. The largest absolute Gasteiger partial charge is 0.418 e. The number of alkyl halides is 6. The summed E-state index contributed by atoms with van der Waals surface area (Å²) in [6, 6.07) is 33.2. The number of aromatic nitrogens is 2. The van der Waals surface area contributed by atoms with Gasteiger partial charge in [0.05, 0.1) is 44.6 Å². The summed E-state index contributed by atoms with van der Waals surface area (Å²) < 4.78 is 91.8. The van der Waals surface area contributed by atoms with Gasteiger partial charge in [-0.15, -0.1) is 0 Å². The number of hydrogen-bond acceptors (Lipinski definition) is 0. The predicted octanol–water partition coefficient (Wildman–Crippen LogP) is 12.2. The van der Waals surface area contributed by atoms with E-state index in [0.717, 1.165) is 50.9 Å². The average Bonchev–Trinajstić information content (AvgIpc) is 3.55. The third-order valence-corrected chi connectivity index (χ3v) is 9.06. The Morgan fingerprint density at radius 2 is 0.958 bits per heavy atom. The maximum absolute atomic E-state index is 15.4. The number of hydrogen-bond donors (Lipinski definition) is 0. The van der Waals surface area contributed by atoms with E-state index in [-0.39, 0.29) is 22.5 Å². The van der Waals surface area contributed by atoms with E-state index in [4.69, 9.17) is 0 Å². The highest BCUT2D eigenvalue weighted by molar-refractivity contribution is 6.11. The van der Waals surface area contributed by atoms with Crippen molar-refractivity contribution in [3.8, 4) is 22.5 Å². The van der Waals surface area contributed by atoms with E-state index in [9.17, 15) is 13.2 Å². The van der Waals surface area contributed by atoms with Gasteiger partial charge in [-0.05, 0) is 79.1 Å². The second-order valence-corrected chi connectivity index (χ2v) is 12.2. The maximum Gasteiger partial charge on any atom is 0.418 e. The van der Waals surface area contributed by atoms with Crippen LogP contribution in [0.4, 0.5) is 26.3 Å². The number of para-hydroxylation sites is 2. The van der Waals surface area contributed by atoms with Crippen molar-refractivity contribution in [1.82, 2.24) is 9.13 Å². The highest BCUT2D eigenvalue weighted by Gasteiger charge is 2.37. The summed E-state index contributed by atoms with van der Waals surface area (Å²) in [5.74, 6) is 0. The zero-order chi connectivity index (χ0) is 33.5. The van der Waals surface area contributed by atoms with Crippen LogP contribution in [0.25, 0.3) is 66.1 Å². The van der Waals surface area contributed by atoms with E-state index in [2.05, 4.69) is 0 Å². The Kier molecular flexibility index (Phi) is 6.54. The Hall–Kier alpha value is -5.50. The molecular weight excluding hydrogens is 622 g/mol. The molecule has 0 spiro atoms. The second-order valence-electron chi connectivity index (χ2n) is 12.2. The first-order valence-electron chi connectivity index (χ1n) is 15.3. The molecule has 0 saturated heterocycles. The van der Waals surface area contributed by atoms with E-state index in [1.54, 1.807) is 27.3 Å². The highest BCUT2D eigenvalue weighted by Crippen LogP contribution is 2.45. The molecular formula is C40H26F6N2. The van der Waals surface area contributed by atoms with E-state index in [1.165, 1.54) is 18.2 Å². The molecule has 0 N–H and O–H groups in total. The minimum atomic E-state index is -4.81. The molecule has 0 bridgehead atoms. The van der Waals surface area contributed by atoms with Crippen molar-refractivity contribution in [2.24, 2.45) is 0 Å². The predicted molar refractivity (Wildman–Crippen MR) is 180 cm³/mol. The van der Waals surface area contributed by atoms with Crippen LogP contribution >= 0.6 is 0 Å². The third-order valence-electron chi connectivity index (χ3n) is 9.06. The van der Waals surface area contributed by atoms with E-state index < -0.39 is 23.5 Å². The fraction of sp³-hybridized carbons (Fsp3) is 0.100. The minimum absolute atomic E-state index is 0.124. The Morgan fingerprint density at radius 1 is 0.438 bits per heavy atom. The van der Waals surface area contributed by atoms with Gasteiger partial charge in [-0.2, -0.15) is 26.3 Å². The summed E-state index contributed by atoms with van der Waals surface area (Å²) in [4.78, 5) is 0. The fourth-order valence-electron chi connectivity index (χ4n) is 6.95. The molecule has 2 heterocycles. The van der Waals surface area contributed by atoms with Gasteiger partial charge in [-0.3, -0.25) is 0 Å². The van der Waals surface area contributed by atoms with Crippen LogP contribution in [0.15, 0.2) is 121 Å². The normalized spacial score (nSPS) is 12.6. The minimum Gasteiger partial charge on any atom is -0.309 e. The monoisotopic (exact) mass is 648 g/mol. The zero-order valence-corrected chi connectivity index (χ0v) is 25.7. The summed E-state index contributed by atoms with van der Waals surface area (Å²) >= 11 is 0. The van der Waals surface area contributed by atoms with Crippen molar-refractivity contribution in [3.05, 3.63) is 144 Å². The summed E-state index contributed by atoms with van der Waals surface area (Å²) in [7, 11) is 0. The number of nitrogens with zero attached hydrogens (tertiary/aromatic N) is 2. The van der Waals surface area contributed by atoms with Crippen molar-refractivity contribution in [2.45, 2.75) is 26.2 Å². The van der Waals surface area contributed by atoms with Gasteiger partial charge in [0, 0.05) is 27.1 Å². The number of fused-ring (bicyclic) bond motifs is 6. The van der Waals surface area contributed by atoms with Gasteiger partial charge >= 0.3 is 12.4 Å². The molecule has 0 aliphatic rings. The lowest BCUT2D eigenvalue weighted by Gasteiger charge is -2.22. The first kappa shape index (κ1) is 29.9. The lowest BCUT2D eigenvalue weighted by atomic mass is 9.97. The molecule has 0 radical (unpaired) electrons. The fourth-order valence-corrected chi connectivity index (χ4v) is 6.95. The molecule has 8 rings (SSSR count). The van der Waals surface area contributed by atoms with Crippen LogP contribution in [-0.2, 0) is 12.4 Å². The maximum atomic E-state index is 15.4. The Morgan fingerprint density at radius 3 is 1.50 bits per heavy atom. The van der Waals surface area contributed by atoms with Gasteiger partial charge in [0.25, 0.3) is 0 Å². The number of halogens is 6. The van der Waals surface area contributed by atoms with Crippen LogP contribution in [0.1, 0.15) is 22.3 Å². The van der Waals surface area contributed by atoms with Crippen molar-refractivity contribution in [2.75, 3.05) is 0 Å². The quantitative estimate of drug-likeness (QED) is 0.169. The molecule has 0 fully saturated rings. The average molecular weight is 649 g/mol. The second kappa shape index (κ2) is 10.5. The lowest BCUT2D eigenvalue weighted by Crippen LogP contribution is -2.13. The van der Waals surface area contributed by atoms with Crippen LogP contribution in [0, 0.1) is 13.8 Å². The molecule has 0 amide bonds. The first-order valence-corrected chi connectivity index (χ1v) is 15.3. The Balaban J connectivity index is 1.57. The molecule has 0 saturated carbocycles. The van der Waals surface area contributed by atoms with Crippen molar-refractivity contribution >= 4 is 43.6 Å². The van der Waals surface area contributed by atoms with Crippen LogP contribution < -0.4 is 0 Å². The molecule has 238 valence electrons. The molecule has 8 aromatic rings. The topological polar surface area (TPSA) is 9.86 Å². The summed E-state index contributed by atoms with van der Waals surface area (Å²) in [6.07, 6.45) is -9.47. The molecule has 48 heavy (non-hydrogen) atoms. The van der Waals surface area contributed by atoms with Gasteiger partial charge < -0.3 is 9.13 Å². The summed E-state index contributed by atoms with van der Waals surface area (Å²) in [6.45, 7) is 3.76. The third kappa shape index (κ3) is 4.66. The molecule has 0 unspecified atom stereocenters. The Labute approximate surface area is 271 Å². The molecule has 2 aromatic heterocycles. The van der Waals surface area contributed by atoms with Crippen LogP contribution in [0.5, 0.6) is 0 Å². The van der Waals surface area contributed by atoms with E-state index >= 15 is 13.2 Å². The van der Waals surface area contributed by atoms with Gasteiger partial charge in [0.1, 0.15) is 0 Å². The zero-order valence-electron chi connectivity index (χ0n) is 25.7. The van der Waals surface area contributed by atoms with Crippen LogP contribution in [-0.4, -0.2) is 9.13 Å². The van der Waals surface area contributed by atoms with Gasteiger partial charge in [0.15, 0.2) is 0 Å². The van der Waals surface area contributed by atoms with Gasteiger partial charge in [-0.1, -0.05) is 72.8 Å². The van der Waals surface area contributed by atoms with E-state index in [0.29, 0.717) is 22.1 Å². The summed E-state index contributed by atoms with van der Waals surface area (Å²) in [5, 5.41) is 3.18. The van der Waals surface area contributed by atoms with E-state index in [1.807, 2.05) is 80.6 Å². The van der Waals surface area contributed by atoms with Gasteiger partial charge in [0.2, 0.25) is 0 Å². The standard InChI is InChI=1S/C40H26F6N2/c1-23-14-16-29-27-10-3-5-12-33(27)47(35(29)18-23)37-22-32(40(44,45)46)38(21-31(37)25-8-7-9-26(20-25)39(41,42)43)48-34-13-6-4-11-28(34)30-17-15-24(2)19-36(30)48/h3-22H,1-2H3. The molecule has 0 aliphatic heterocycles. The number of rotatable bonds is 3.